The third-order valence-corrected chi connectivity index (χ3v) is 3.81. The highest BCUT2D eigenvalue weighted by Gasteiger charge is 2.30. The van der Waals surface area contributed by atoms with Crippen molar-refractivity contribution < 1.29 is 4.43 Å². The van der Waals surface area contributed by atoms with E-state index in [0.717, 1.165) is 18.4 Å². The Balaban J connectivity index is 2.67. The molecule has 0 unspecified atom stereocenters. The molecule has 2 rings (SSSR count). The summed E-state index contributed by atoms with van der Waals surface area (Å²) in [7, 11) is 3.26. The first-order valence-electron chi connectivity index (χ1n) is 6.32. The van der Waals surface area contributed by atoms with E-state index in [9.17, 15) is 0 Å². The van der Waals surface area contributed by atoms with Crippen LogP contribution in [-0.2, 0) is 10.0 Å². The van der Waals surface area contributed by atoms with Crippen LogP contribution in [0.15, 0.2) is 67.8 Å². The number of rotatable bonds is 6. The van der Waals surface area contributed by atoms with Gasteiger partial charge in [-0.2, -0.15) is 0 Å². The summed E-state index contributed by atoms with van der Waals surface area (Å²) >= 11 is 0. The normalized spacial score (nSPS) is 11.4. The van der Waals surface area contributed by atoms with Crippen LogP contribution in [0.25, 0.3) is 10.8 Å². The zero-order valence-electron chi connectivity index (χ0n) is 10.9. The molecule has 0 bridgehead atoms. The Bertz CT molecular complexity index is 573. The lowest BCUT2D eigenvalue weighted by molar-refractivity contribution is 0.0863. The minimum Gasteiger partial charge on any atom is -0.408 e. The Morgan fingerprint density at radius 2 is 1.63 bits per heavy atom. The van der Waals surface area contributed by atoms with Crippen molar-refractivity contribution in [3.8, 4) is 0 Å². The largest absolute Gasteiger partial charge is 0.408 e. The molecule has 95 valence electrons. The molecule has 0 amide bonds. The maximum Gasteiger partial charge on any atom is 0.247 e. The van der Waals surface area contributed by atoms with Gasteiger partial charge in [0.2, 0.25) is 10.5 Å². The first-order chi connectivity index (χ1) is 9.27. The second kappa shape index (κ2) is 6.00. The average molecular weight is 265 g/mol. The molecule has 2 aromatic carbocycles. The van der Waals surface area contributed by atoms with E-state index in [1.807, 2.05) is 24.3 Å². The van der Waals surface area contributed by atoms with Crippen molar-refractivity contribution in [3.05, 3.63) is 73.3 Å². The fraction of sp³-hybridized carbons (Fsp3) is 0.176. The van der Waals surface area contributed by atoms with Crippen molar-refractivity contribution in [3.63, 3.8) is 0 Å². The number of fused-ring (bicyclic) bond motifs is 1. The van der Waals surface area contributed by atoms with Crippen LogP contribution in [0.1, 0.15) is 18.4 Å². The molecule has 2 heteroatoms. The fourth-order valence-corrected chi connectivity index (χ4v) is 2.81. The van der Waals surface area contributed by atoms with E-state index in [1.165, 1.54) is 10.8 Å². The summed E-state index contributed by atoms with van der Waals surface area (Å²) in [6.45, 7) is 7.69. The van der Waals surface area contributed by atoms with Gasteiger partial charge in [-0.25, -0.2) is 0 Å². The number of benzene rings is 2. The van der Waals surface area contributed by atoms with Crippen molar-refractivity contribution >= 4 is 21.3 Å². The number of hydrogen-bond donors (Lipinski definition) is 0. The maximum atomic E-state index is 5.68. The van der Waals surface area contributed by atoms with Gasteiger partial charge in [-0.05, 0) is 29.2 Å². The van der Waals surface area contributed by atoms with Crippen LogP contribution >= 0.6 is 0 Å². The summed E-state index contributed by atoms with van der Waals surface area (Å²) in [6, 6.07) is 14.6. The summed E-state index contributed by atoms with van der Waals surface area (Å²) in [5.41, 5.74) is 0.696. The zero-order valence-corrected chi connectivity index (χ0v) is 11.9. The average Bonchev–Trinajstić information content (AvgIpc) is 2.46. The van der Waals surface area contributed by atoms with Crippen LogP contribution in [-0.4, -0.2) is 10.5 Å². The van der Waals surface area contributed by atoms with Gasteiger partial charge in [0.05, 0.1) is 5.60 Å². The topological polar surface area (TPSA) is 9.23 Å². The molecular weight excluding hydrogens is 248 g/mol. The fourth-order valence-electron chi connectivity index (χ4n) is 2.53. The van der Waals surface area contributed by atoms with Crippen LogP contribution in [0, 0.1) is 0 Å². The highest BCUT2D eigenvalue weighted by molar-refractivity contribution is 5.98. The van der Waals surface area contributed by atoms with E-state index in [4.69, 9.17) is 4.43 Å². The summed E-state index contributed by atoms with van der Waals surface area (Å²) in [5.74, 6) is 0. The number of hydrogen-bond acceptors (Lipinski definition) is 1. The highest BCUT2D eigenvalue weighted by atomic mass is 28.2. The van der Waals surface area contributed by atoms with Gasteiger partial charge in [0.25, 0.3) is 0 Å². The minimum absolute atomic E-state index is 0.457. The Hall–Kier alpha value is -1.64. The molecule has 0 aliphatic rings. The van der Waals surface area contributed by atoms with E-state index in [-0.39, 0.29) is 0 Å². The molecule has 0 spiro atoms. The second-order valence-electron chi connectivity index (χ2n) is 4.61. The Kier molecular flexibility index (Phi) is 4.35. The quantitative estimate of drug-likeness (QED) is 0.559. The van der Waals surface area contributed by atoms with E-state index < -0.39 is 5.60 Å². The summed E-state index contributed by atoms with van der Waals surface area (Å²) < 4.78 is 5.68. The van der Waals surface area contributed by atoms with Gasteiger partial charge in [-0.3, -0.25) is 0 Å². The van der Waals surface area contributed by atoms with Crippen molar-refractivity contribution in [2.45, 2.75) is 18.4 Å². The summed E-state index contributed by atoms with van der Waals surface area (Å²) in [6.07, 6.45) is 5.20. The van der Waals surface area contributed by atoms with Gasteiger partial charge in [0.15, 0.2) is 0 Å². The molecule has 19 heavy (non-hydrogen) atoms. The molecule has 0 aromatic heterocycles. The molecule has 3 radical (unpaired) electrons. The SMILES string of the molecule is C=CCC(CC=C)(O[Si])c1cccc2ccccc12. The molecule has 0 atom stereocenters. The Morgan fingerprint density at radius 3 is 2.26 bits per heavy atom. The lowest BCUT2D eigenvalue weighted by atomic mass is 9.84. The third kappa shape index (κ3) is 2.55. The van der Waals surface area contributed by atoms with Crippen molar-refractivity contribution in [1.82, 2.24) is 0 Å². The van der Waals surface area contributed by atoms with Crippen LogP contribution in [0.4, 0.5) is 0 Å². The Morgan fingerprint density at radius 1 is 1.00 bits per heavy atom. The minimum atomic E-state index is -0.457. The molecule has 2 aromatic rings. The van der Waals surface area contributed by atoms with Crippen LogP contribution in [0.3, 0.4) is 0 Å². The molecule has 0 N–H and O–H groups in total. The molecule has 0 saturated carbocycles. The van der Waals surface area contributed by atoms with Crippen LogP contribution in [0.5, 0.6) is 0 Å². The summed E-state index contributed by atoms with van der Waals surface area (Å²) in [5, 5.41) is 2.41. The van der Waals surface area contributed by atoms with Crippen molar-refractivity contribution in [2.75, 3.05) is 0 Å². The standard InChI is InChI=1S/C17H17OSi/c1-3-12-17(18-19,13-4-2)16-11-7-9-14-8-5-6-10-15(14)16/h3-11H,1-2,12-13H2. The first-order valence-corrected chi connectivity index (χ1v) is 6.73. The first kappa shape index (κ1) is 13.8. The molecule has 0 fully saturated rings. The Labute approximate surface area is 118 Å². The monoisotopic (exact) mass is 265 g/mol. The molecular formula is C17H17OSi. The molecule has 0 aliphatic carbocycles. The van der Waals surface area contributed by atoms with Gasteiger partial charge in [-0.15, -0.1) is 13.2 Å². The van der Waals surface area contributed by atoms with E-state index in [2.05, 4.69) is 54.0 Å². The lowest BCUT2D eigenvalue weighted by Crippen LogP contribution is -2.28. The predicted molar refractivity (Wildman–Crippen MR) is 82.1 cm³/mol. The highest BCUT2D eigenvalue weighted by Crippen LogP contribution is 2.37. The van der Waals surface area contributed by atoms with Crippen molar-refractivity contribution in [1.29, 1.82) is 0 Å². The van der Waals surface area contributed by atoms with E-state index >= 15 is 0 Å². The molecule has 0 heterocycles. The second-order valence-corrected chi connectivity index (χ2v) is 4.81. The van der Waals surface area contributed by atoms with Gasteiger partial charge < -0.3 is 4.43 Å². The van der Waals surface area contributed by atoms with E-state index in [0.29, 0.717) is 0 Å². The van der Waals surface area contributed by atoms with Gasteiger partial charge in [-0.1, -0.05) is 54.6 Å². The van der Waals surface area contributed by atoms with Crippen LogP contribution < -0.4 is 0 Å². The van der Waals surface area contributed by atoms with Crippen LogP contribution in [0.2, 0.25) is 0 Å². The molecule has 1 nitrogen and oxygen atoms in total. The van der Waals surface area contributed by atoms with Gasteiger partial charge in [0.1, 0.15) is 0 Å². The van der Waals surface area contributed by atoms with Gasteiger partial charge in [0, 0.05) is 0 Å². The molecule has 0 saturated heterocycles. The zero-order chi connectivity index (χ0) is 13.7. The maximum absolute atomic E-state index is 5.68. The lowest BCUT2D eigenvalue weighted by Gasteiger charge is -2.32. The summed E-state index contributed by atoms with van der Waals surface area (Å²) in [4.78, 5) is 0. The van der Waals surface area contributed by atoms with E-state index in [1.54, 1.807) is 0 Å². The predicted octanol–water partition coefficient (Wildman–Crippen LogP) is 4.29. The third-order valence-electron chi connectivity index (χ3n) is 3.42. The molecule has 0 aliphatic heterocycles. The van der Waals surface area contributed by atoms with Crippen molar-refractivity contribution in [2.24, 2.45) is 0 Å². The van der Waals surface area contributed by atoms with Gasteiger partial charge >= 0.3 is 0 Å². The smallest absolute Gasteiger partial charge is 0.247 e.